The molecule has 3 fully saturated rings. The van der Waals surface area contributed by atoms with Gasteiger partial charge in [-0.15, -0.1) is 0 Å². The molecule has 0 amide bonds. The molecule has 3 aliphatic rings. The van der Waals surface area contributed by atoms with Crippen LogP contribution in [0.4, 0.5) is 16.2 Å². The smallest absolute Gasteiger partial charge is 0.228 e. The molecule has 2 aromatic rings. The van der Waals surface area contributed by atoms with E-state index in [9.17, 15) is 9.50 Å². The molecule has 3 saturated heterocycles. The molecule has 5 rings (SSSR count). The summed E-state index contributed by atoms with van der Waals surface area (Å²) in [6, 6.07) is 1.71. The van der Waals surface area contributed by atoms with Crippen molar-refractivity contribution < 1.29 is 19.0 Å². The number of ether oxygens (including phenoxy) is 2. The Kier molecular flexibility index (Phi) is 4.70. The van der Waals surface area contributed by atoms with Crippen LogP contribution < -0.4 is 14.5 Å². The monoisotopic (exact) mass is 416 g/mol. The highest BCUT2D eigenvalue weighted by atomic mass is 19.1. The van der Waals surface area contributed by atoms with E-state index < -0.39 is 5.60 Å². The number of methoxy groups -OCH3 is 1. The SMILES string of the molecule is CCc1ncnc(N2C[C@@H]3[C@H](CO)[C@H]4CN(c5nccc(OC)n5)C[C@]3(C2)O4)c1F. The quantitative estimate of drug-likeness (QED) is 0.755. The predicted octanol–water partition coefficient (Wildman–Crippen LogP) is 0.679. The molecule has 4 atom stereocenters. The summed E-state index contributed by atoms with van der Waals surface area (Å²) in [6.07, 6.45) is 3.45. The highest BCUT2D eigenvalue weighted by Gasteiger charge is 2.63. The molecule has 3 aliphatic heterocycles. The van der Waals surface area contributed by atoms with Gasteiger partial charge in [-0.3, -0.25) is 0 Å². The molecule has 9 nitrogen and oxygen atoms in total. The van der Waals surface area contributed by atoms with E-state index >= 15 is 0 Å². The summed E-state index contributed by atoms with van der Waals surface area (Å²) in [5.41, 5.74) is -0.144. The molecule has 0 radical (unpaired) electrons. The van der Waals surface area contributed by atoms with Crippen molar-refractivity contribution in [3.63, 3.8) is 0 Å². The molecule has 30 heavy (non-hydrogen) atoms. The topological polar surface area (TPSA) is 96.7 Å². The first-order valence-corrected chi connectivity index (χ1v) is 10.2. The minimum absolute atomic E-state index is 0.0181. The van der Waals surface area contributed by atoms with E-state index in [0.717, 1.165) is 0 Å². The third-order valence-corrected chi connectivity index (χ3v) is 6.59. The fourth-order valence-corrected chi connectivity index (χ4v) is 5.21. The number of aliphatic hydroxyl groups excluding tert-OH is 1. The van der Waals surface area contributed by atoms with Gasteiger partial charge >= 0.3 is 0 Å². The number of morpholine rings is 1. The molecule has 2 bridgehead atoms. The van der Waals surface area contributed by atoms with Crippen molar-refractivity contribution in [1.82, 2.24) is 19.9 Å². The lowest BCUT2D eigenvalue weighted by atomic mass is 9.83. The zero-order chi connectivity index (χ0) is 20.9. The fourth-order valence-electron chi connectivity index (χ4n) is 5.21. The number of anilines is 2. The lowest BCUT2D eigenvalue weighted by molar-refractivity contribution is -0.0553. The number of aryl methyl sites for hydroxylation is 1. The van der Waals surface area contributed by atoms with Crippen LogP contribution in [0.5, 0.6) is 5.88 Å². The molecular formula is C20H25FN6O3. The van der Waals surface area contributed by atoms with Crippen LogP contribution in [-0.4, -0.2) is 76.6 Å². The summed E-state index contributed by atoms with van der Waals surface area (Å²) < 4.78 is 26.6. The van der Waals surface area contributed by atoms with Gasteiger partial charge in [-0.25, -0.2) is 19.3 Å². The maximum absolute atomic E-state index is 14.9. The van der Waals surface area contributed by atoms with Crippen molar-refractivity contribution >= 4 is 11.8 Å². The highest BCUT2D eigenvalue weighted by molar-refractivity contribution is 5.46. The first-order chi connectivity index (χ1) is 14.6. The molecule has 0 saturated carbocycles. The Labute approximate surface area is 173 Å². The maximum Gasteiger partial charge on any atom is 0.228 e. The van der Waals surface area contributed by atoms with Crippen molar-refractivity contribution in [1.29, 1.82) is 0 Å². The molecule has 0 aliphatic carbocycles. The van der Waals surface area contributed by atoms with Crippen LogP contribution in [-0.2, 0) is 11.2 Å². The van der Waals surface area contributed by atoms with Gasteiger partial charge in [0.1, 0.15) is 11.9 Å². The van der Waals surface area contributed by atoms with Gasteiger partial charge in [0.05, 0.1) is 32.0 Å². The van der Waals surface area contributed by atoms with Crippen LogP contribution in [0.15, 0.2) is 18.6 Å². The number of halogens is 1. The summed E-state index contributed by atoms with van der Waals surface area (Å²) in [5.74, 6) is 1.01. The minimum atomic E-state index is -0.549. The Hall–Kier alpha value is -2.59. The number of nitrogens with zero attached hydrogens (tertiary/aromatic N) is 6. The van der Waals surface area contributed by atoms with Crippen molar-refractivity contribution in [2.75, 3.05) is 49.7 Å². The maximum atomic E-state index is 14.9. The van der Waals surface area contributed by atoms with E-state index in [1.165, 1.54) is 6.33 Å². The molecule has 5 heterocycles. The first-order valence-electron chi connectivity index (χ1n) is 10.2. The number of aliphatic hydroxyl groups is 1. The normalized spacial score (nSPS) is 29.9. The minimum Gasteiger partial charge on any atom is -0.481 e. The largest absolute Gasteiger partial charge is 0.481 e. The highest BCUT2D eigenvalue weighted by Crippen LogP contribution is 2.50. The van der Waals surface area contributed by atoms with Gasteiger partial charge in [0.15, 0.2) is 11.6 Å². The van der Waals surface area contributed by atoms with E-state index in [-0.39, 0.29) is 30.4 Å². The Morgan fingerprint density at radius 1 is 1.27 bits per heavy atom. The van der Waals surface area contributed by atoms with E-state index in [1.54, 1.807) is 19.4 Å². The Bertz CT molecular complexity index is 949. The van der Waals surface area contributed by atoms with Gasteiger partial charge in [-0.1, -0.05) is 6.92 Å². The van der Waals surface area contributed by atoms with Crippen LogP contribution in [0.2, 0.25) is 0 Å². The Balaban J connectivity index is 1.47. The average molecular weight is 416 g/mol. The number of rotatable bonds is 5. The van der Waals surface area contributed by atoms with Crippen molar-refractivity contribution in [2.24, 2.45) is 11.8 Å². The van der Waals surface area contributed by atoms with Crippen molar-refractivity contribution in [2.45, 2.75) is 25.0 Å². The molecule has 0 aromatic carbocycles. The summed E-state index contributed by atoms with van der Waals surface area (Å²) in [4.78, 5) is 21.1. The molecule has 160 valence electrons. The summed E-state index contributed by atoms with van der Waals surface area (Å²) in [5, 5.41) is 10.1. The third kappa shape index (κ3) is 2.89. The molecule has 2 aromatic heterocycles. The summed E-state index contributed by atoms with van der Waals surface area (Å²) in [7, 11) is 1.57. The zero-order valence-electron chi connectivity index (χ0n) is 17.0. The predicted molar refractivity (Wildman–Crippen MR) is 106 cm³/mol. The average Bonchev–Trinajstić information content (AvgIpc) is 3.21. The van der Waals surface area contributed by atoms with E-state index in [0.29, 0.717) is 55.9 Å². The lowest BCUT2D eigenvalue weighted by Gasteiger charge is -2.40. The first kappa shape index (κ1) is 19.4. The number of hydrogen-bond acceptors (Lipinski definition) is 9. The Morgan fingerprint density at radius 2 is 2.10 bits per heavy atom. The lowest BCUT2D eigenvalue weighted by Crippen LogP contribution is -2.54. The van der Waals surface area contributed by atoms with Crippen LogP contribution >= 0.6 is 0 Å². The van der Waals surface area contributed by atoms with Crippen molar-refractivity contribution in [3.8, 4) is 5.88 Å². The second-order valence-corrected chi connectivity index (χ2v) is 8.15. The number of aromatic nitrogens is 4. The standard InChI is InChI=1S/C20H25FN6O3/c1-3-14-17(21)18(24-11-23-14)26-6-13-12(8-28)15-7-27(10-20(13,9-26)30-15)19-22-5-4-16(25-19)29-2/h4-5,11-13,15,28H,3,6-10H2,1-2H3/t12-,13+,15+,20-/m0/s1. The van der Waals surface area contributed by atoms with Crippen molar-refractivity contribution in [3.05, 3.63) is 30.1 Å². The van der Waals surface area contributed by atoms with Crippen LogP contribution in [0.25, 0.3) is 0 Å². The molecule has 10 heteroatoms. The number of hydrogen-bond donors (Lipinski definition) is 1. The third-order valence-electron chi connectivity index (χ3n) is 6.59. The second-order valence-electron chi connectivity index (χ2n) is 8.15. The number of fused-ring (bicyclic) bond motifs is 1. The van der Waals surface area contributed by atoms with Gasteiger partial charge < -0.3 is 24.4 Å². The van der Waals surface area contributed by atoms with Gasteiger partial charge in [-0.05, 0) is 6.42 Å². The summed E-state index contributed by atoms with van der Waals surface area (Å²) in [6.45, 7) is 4.10. The van der Waals surface area contributed by atoms with Gasteiger partial charge in [0.25, 0.3) is 0 Å². The van der Waals surface area contributed by atoms with Gasteiger partial charge in [0.2, 0.25) is 11.8 Å². The van der Waals surface area contributed by atoms with Gasteiger partial charge in [0, 0.05) is 43.8 Å². The second kappa shape index (κ2) is 7.28. The van der Waals surface area contributed by atoms with E-state index in [1.807, 2.05) is 11.8 Å². The molecule has 0 unspecified atom stereocenters. The fraction of sp³-hybridized carbons (Fsp3) is 0.600. The van der Waals surface area contributed by atoms with E-state index in [2.05, 4.69) is 24.8 Å². The van der Waals surface area contributed by atoms with E-state index in [4.69, 9.17) is 9.47 Å². The molecule has 1 N–H and O–H groups in total. The Morgan fingerprint density at radius 3 is 2.87 bits per heavy atom. The van der Waals surface area contributed by atoms with Crippen LogP contribution in [0.3, 0.4) is 0 Å². The molecular weight excluding hydrogens is 391 g/mol. The zero-order valence-corrected chi connectivity index (χ0v) is 17.0. The van der Waals surface area contributed by atoms with Crippen LogP contribution in [0.1, 0.15) is 12.6 Å². The van der Waals surface area contributed by atoms with Crippen LogP contribution in [0, 0.1) is 17.7 Å². The van der Waals surface area contributed by atoms with Gasteiger partial charge in [-0.2, -0.15) is 4.98 Å². The molecule has 1 spiro atoms. The summed E-state index contributed by atoms with van der Waals surface area (Å²) >= 11 is 0.